The summed E-state index contributed by atoms with van der Waals surface area (Å²) < 4.78 is 10.9. The van der Waals surface area contributed by atoms with E-state index in [1.165, 1.54) is 5.56 Å². The first kappa shape index (κ1) is 9.85. The van der Waals surface area contributed by atoms with E-state index in [1.54, 1.807) is 0 Å². The smallest absolute Gasteiger partial charge is 0.306 e. The van der Waals surface area contributed by atoms with Gasteiger partial charge in [0, 0.05) is 6.42 Å². The average Bonchev–Trinajstić information content (AvgIpc) is 3.10. The number of ether oxygens (including phenoxy) is 2. The van der Waals surface area contributed by atoms with Crippen LogP contribution in [0, 0.1) is 0 Å². The van der Waals surface area contributed by atoms with Gasteiger partial charge in [0.2, 0.25) is 0 Å². The summed E-state index contributed by atoms with van der Waals surface area (Å²) in [6.07, 6.45) is 2.57. The van der Waals surface area contributed by atoms with Gasteiger partial charge < -0.3 is 9.47 Å². The van der Waals surface area contributed by atoms with Crippen molar-refractivity contribution in [2.24, 2.45) is 0 Å². The first-order valence-electron chi connectivity index (χ1n) is 5.74. The van der Waals surface area contributed by atoms with Gasteiger partial charge in [-0.15, -0.1) is 0 Å². The van der Waals surface area contributed by atoms with Crippen molar-refractivity contribution in [2.45, 2.75) is 37.6 Å². The van der Waals surface area contributed by atoms with E-state index >= 15 is 0 Å². The Hall–Kier alpha value is -1.35. The zero-order valence-corrected chi connectivity index (χ0v) is 8.96. The number of cyclic esters (lactones) is 1. The summed E-state index contributed by atoms with van der Waals surface area (Å²) >= 11 is 0. The van der Waals surface area contributed by atoms with E-state index < -0.39 is 0 Å². The zero-order valence-electron chi connectivity index (χ0n) is 8.96. The van der Waals surface area contributed by atoms with Crippen LogP contribution in [0.25, 0.3) is 0 Å². The molecule has 2 fully saturated rings. The molecule has 2 aliphatic heterocycles. The normalized spacial score (nSPS) is 33.2. The maximum Gasteiger partial charge on any atom is 0.306 e. The Kier molecular flexibility index (Phi) is 2.40. The number of hydrogen-bond acceptors (Lipinski definition) is 3. The third-order valence-corrected chi connectivity index (χ3v) is 3.17. The van der Waals surface area contributed by atoms with Crippen molar-refractivity contribution in [3.8, 4) is 0 Å². The van der Waals surface area contributed by atoms with Crippen molar-refractivity contribution >= 4 is 5.97 Å². The molecule has 16 heavy (non-hydrogen) atoms. The van der Waals surface area contributed by atoms with E-state index in [2.05, 4.69) is 12.1 Å². The Bertz CT molecular complexity index is 387. The standard InChI is InChI=1S/C13H14O3/c14-11-8-4-7-10(15-11)13-12(16-13)9-5-2-1-3-6-9/h1-3,5-6,10,12-13H,4,7-8H2/t10-,12-,13-/m0/s1. The summed E-state index contributed by atoms with van der Waals surface area (Å²) in [7, 11) is 0. The molecule has 2 aliphatic rings. The molecule has 0 aliphatic carbocycles. The minimum atomic E-state index is -0.0847. The van der Waals surface area contributed by atoms with Gasteiger partial charge in [-0.2, -0.15) is 0 Å². The zero-order chi connectivity index (χ0) is 11.0. The predicted molar refractivity (Wildman–Crippen MR) is 57.8 cm³/mol. The van der Waals surface area contributed by atoms with E-state index in [-0.39, 0.29) is 24.3 Å². The third kappa shape index (κ3) is 1.83. The largest absolute Gasteiger partial charge is 0.459 e. The molecule has 0 unspecified atom stereocenters. The van der Waals surface area contributed by atoms with Crippen molar-refractivity contribution in [3.05, 3.63) is 35.9 Å². The molecule has 0 N–H and O–H groups in total. The van der Waals surface area contributed by atoms with Crippen LogP contribution in [0.2, 0.25) is 0 Å². The highest BCUT2D eigenvalue weighted by Crippen LogP contribution is 2.43. The summed E-state index contributed by atoms with van der Waals surface area (Å²) in [5, 5.41) is 0. The lowest BCUT2D eigenvalue weighted by Crippen LogP contribution is -2.28. The fourth-order valence-corrected chi connectivity index (χ4v) is 2.28. The van der Waals surface area contributed by atoms with E-state index in [4.69, 9.17) is 9.47 Å². The summed E-state index contributed by atoms with van der Waals surface area (Å²) in [6, 6.07) is 10.1. The quantitative estimate of drug-likeness (QED) is 0.564. The molecule has 84 valence electrons. The van der Waals surface area contributed by atoms with Crippen LogP contribution in [-0.2, 0) is 14.3 Å². The highest BCUT2D eigenvalue weighted by atomic mass is 16.6. The van der Waals surface area contributed by atoms with E-state index in [0.29, 0.717) is 6.42 Å². The monoisotopic (exact) mass is 218 g/mol. The molecule has 0 aromatic heterocycles. The molecule has 3 rings (SSSR count). The number of hydrogen-bond donors (Lipinski definition) is 0. The van der Waals surface area contributed by atoms with Gasteiger partial charge in [-0.05, 0) is 18.4 Å². The first-order chi connectivity index (χ1) is 7.84. The summed E-state index contributed by atoms with van der Waals surface area (Å²) in [4.78, 5) is 11.2. The van der Waals surface area contributed by atoms with E-state index in [0.717, 1.165) is 12.8 Å². The molecule has 2 heterocycles. The van der Waals surface area contributed by atoms with Gasteiger partial charge in [0.25, 0.3) is 0 Å². The minimum absolute atomic E-state index is 0.0357. The van der Waals surface area contributed by atoms with Crippen molar-refractivity contribution in [2.75, 3.05) is 0 Å². The van der Waals surface area contributed by atoms with Crippen molar-refractivity contribution in [3.63, 3.8) is 0 Å². The molecule has 0 radical (unpaired) electrons. The molecule has 0 bridgehead atoms. The van der Waals surface area contributed by atoms with Gasteiger partial charge >= 0.3 is 5.97 Å². The van der Waals surface area contributed by atoms with Gasteiger partial charge in [0.05, 0.1) is 0 Å². The van der Waals surface area contributed by atoms with Crippen LogP contribution in [-0.4, -0.2) is 18.2 Å². The second kappa shape index (κ2) is 3.91. The fourth-order valence-electron chi connectivity index (χ4n) is 2.28. The molecule has 1 aromatic rings. The second-order valence-electron chi connectivity index (χ2n) is 4.35. The number of epoxide rings is 1. The summed E-state index contributed by atoms with van der Waals surface area (Å²) in [5.41, 5.74) is 1.18. The fraction of sp³-hybridized carbons (Fsp3) is 0.462. The van der Waals surface area contributed by atoms with Crippen LogP contribution in [0.5, 0.6) is 0 Å². The molecule has 0 amide bonds. The van der Waals surface area contributed by atoms with Gasteiger partial charge in [-0.1, -0.05) is 30.3 Å². The molecular formula is C13H14O3. The topological polar surface area (TPSA) is 38.8 Å². The number of esters is 1. The minimum Gasteiger partial charge on any atom is -0.459 e. The molecule has 2 saturated heterocycles. The second-order valence-corrected chi connectivity index (χ2v) is 4.35. The lowest BCUT2D eigenvalue weighted by atomic mass is 10.0. The van der Waals surface area contributed by atoms with Crippen LogP contribution in [0.4, 0.5) is 0 Å². The van der Waals surface area contributed by atoms with Gasteiger partial charge in [-0.25, -0.2) is 0 Å². The predicted octanol–water partition coefficient (Wildman–Crippen LogP) is 2.22. The molecule has 3 atom stereocenters. The van der Waals surface area contributed by atoms with E-state index in [9.17, 15) is 4.79 Å². The Balaban J connectivity index is 1.65. The maximum absolute atomic E-state index is 11.2. The lowest BCUT2D eigenvalue weighted by molar-refractivity contribution is -0.154. The summed E-state index contributed by atoms with van der Waals surface area (Å²) in [5.74, 6) is -0.0847. The van der Waals surface area contributed by atoms with Crippen LogP contribution in [0.1, 0.15) is 30.9 Å². The Morgan fingerprint density at radius 2 is 2.00 bits per heavy atom. The molecule has 3 nitrogen and oxygen atoms in total. The van der Waals surface area contributed by atoms with Gasteiger partial charge in [0.15, 0.2) is 0 Å². The molecule has 1 aromatic carbocycles. The third-order valence-electron chi connectivity index (χ3n) is 3.17. The van der Waals surface area contributed by atoms with Crippen molar-refractivity contribution in [1.82, 2.24) is 0 Å². The molecule has 0 saturated carbocycles. The number of rotatable bonds is 2. The molecule has 3 heteroatoms. The van der Waals surface area contributed by atoms with Crippen LogP contribution < -0.4 is 0 Å². The van der Waals surface area contributed by atoms with Gasteiger partial charge in [-0.3, -0.25) is 4.79 Å². The molecule has 0 spiro atoms. The number of carbonyl (C=O) groups excluding carboxylic acids is 1. The van der Waals surface area contributed by atoms with Crippen molar-refractivity contribution < 1.29 is 14.3 Å². The van der Waals surface area contributed by atoms with E-state index in [1.807, 2.05) is 18.2 Å². The Morgan fingerprint density at radius 1 is 1.19 bits per heavy atom. The van der Waals surface area contributed by atoms with Crippen molar-refractivity contribution in [1.29, 1.82) is 0 Å². The van der Waals surface area contributed by atoms with Crippen LogP contribution in [0.15, 0.2) is 30.3 Å². The summed E-state index contributed by atoms with van der Waals surface area (Å²) in [6.45, 7) is 0. The first-order valence-corrected chi connectivity index (χ1v) is 5.74. The Labute approximate surface area is 94.4 Å². The number of benzene rings is 1. The lowest BCUT2D eigenvalue weighted by Gasteiger charge is -2.20. The van der Waals surface area contributed by atoms with Crippen LogP contribution >= 0.6 is 0 Å². The highest BCUT2D eigenvalue weighted by molar-refractivity contribution is 5.70. The van der Waals surface area contributed by atoms with Crippen LogP contribution in [0.3, 0.4) is 0 Å². The molecular weight excluding hydrogens is 204 g/mol. The Morgan fingerprint density at radius 3 is 2.75 bits per heavy atom. The SMILES string of the molecule is O=C1CCC[C@@H]([C@@H]2O[C@H]2c2ccccc2)O1. The average molecular weight is 218 g/mol. The van der Waals surface area contributed by atoms with Gasteiger partial charge in [0.1, 0.15) is 18.3 Å². The highest BCUT2D eigenvalue weighted by Gasteiger charge is 2.48. The number of carbonyl (C=O) groups is 1. The maximum atomic E-state index is 11.2.